The molecule has 35 heavy (non-hydrogen) atoms. The molecule has 3 aliphatic heterocycles. The third-order valence-electron chi connectivity index (χ3n) is 6.63. The number of rotatable bonds is 3. The monoisotopic (exact) mass is 508 g/mol. The van der Waals surface area contributed by atoms with E-state index in [1.807, 2.05) is 6.07 Å². The van der Waals surface area contributed by atoms with Gasteiger partial charge in [-0.05, 0) is 31.3 Å². The summed E-state index contributed by atoms with van der Waals surface area (Å²) in [5.74, 6) is -0.214. The van der Waals surface area contributed by atoms with E-state index in [4.69, 9.17) is 14.3 Å². The summed E-state index contributed by atoms with van der Waals surface area (Å²) < 4.78 is 43.6. The number of nitrogens with zero attached hydrogens (tertiary/aromatic N) is 3. The third kappa shape index (κ3) is 5.72. The first-order valence-corrected chi connectivity index (χ1v) is 12.4. The highest BCUT2D eigenvalue weighted by Gasteiger charge is 2.47. The number of hydrogen-bond acceptors (Lipinski definition) is 8. The van der Waals surface area contributed by atoms with E-state index >= 15 is 4.39 Å². The predicted octanol–water partition coefficient (Wildman–Crippen LogP) is 3.56. The molecule has 1 N–H and O–H groups in total. The zero-order chi connectivity index (χ0) is 24.9. The average Bonchev–Trinajstić information content (AvgIpc) is 3.40. The molecule has 190 valence electrons. The fourth-order valence-corrected chi connectivity index (χ4v) is 5.13. The van der Waals surface area contributed by atoms with Crippen molar-refractivity contribution in [1.29, 1.82) is 0 Å². The molecule has 2 saturated heterocycles. The van der Waals surface area contributed by atoms with Gasteiger partial charge in [0.15, 0.2) is 10.7 Å². The largest absolute Gasteiger partial charge is 0.486 e. The fourth-order valence-electron chi connectivity index (χ4n) is 4.70. The number of alkyl halides is 1. The van der Waals surface area contributed by atoms with Crippen LogP contribution in [-0.2, 0) is 9.63 Å². The first kappa shape index (κ1) is 25.3. The summed E-state index contributed by atoms with van der Waals surface area (Å²) in [5, 5.41) is 8.03. The lowest BCUT2D eigenvalue weighted by Gasteiger charge is -2.46. The molecule has 1 amide bonds. The number of hydrogen-bond donors (Lipinski definition) is 1. The molecular formula is C24H30F2N4O4S. The fraction of sp³-hybridized carbons (Fsp3) is 0.542. The maximum absolute atomic E-state index is 15.0. The SMILES string of the molecule is CO/N=C1\CC2(CCN(C(=O)C3(F)CCNCC3)CC2)Oc2ccc(F)cc21.COc1ccns1. The minimum absolute atomic E-state index is 0.216. The Hall–Kier alpha value is -2.79. The normalized spacial score (nSPS) is 21.4. The van der Waals surface area contributed by atoms with Gasteiger partial charge in [0.05, 0.1) is 12.8 Å². The van der Waals surface area contributed by atoms with E-state index in [1.165, 1.54) is 30.8 Å². The van der Waals surface area contributed by atoms with Crippen molar-refractivity contribution in [3.8, 4) is 10.8 Å². The van der Waals surface area contributed by atoms with Crippen molar-refractivity contribution in [2.24, 2.45) is 5.16 Å². The molecule has 0 unspecified atom stereocenters. The third-order valence-corrected chi connectivity index (χ3v) is 7.34. The van der Waals surface area contributed by atoms with E-state index in [0.29, 0.717) is 62.5 Å². The van der Waals surface area contributed by atoms with E-state index in [1.54, 1.807) is 24.3 Å². The van der Waals surface area contributed by atoms with Crippen molar-refractivity contribution >= 4 is 23.2 Å². The summed E-state index contributed by atoms with van der Waals surface area (Å²) in [6.45, 7) is 1.89. The highest BCUT2D eigenvalue weighted by Crippen LogP contribution is 2.40. The Labute approximate surface area is 207 Å². The Morgan fingerprint density at radius 3 is 2.54 bits per heavy atom. The lowest BCUT2D eigenvalue weighted by atomic mass is 9.81. The van der Waals surface area contributed by atoms with E-state index in [2.05, 4.69) is 14.8 Å². The maximum atomic E-state index is 15.0. The second-order valence-electron chi connectivity index (χ2n) is 8.87. The average molecular weight is 509 g/mol. The highest BCUT2D eigenvalue weighted by atomic mass is 32.1. The summed E-state index contributed by atoms with van der Waals surface area (Å²) in [4.78, 5) is 19.3. The summed E-state index contributed by atoms with van der Waals surface area (Å²) in [6.07, 6.45) is 3.73. The quantitative estimate of drug-likeness (QED) is 0.639. The second-order valence-corrected chi connectivity index (χ2v) is 9.66. The first-order valence-electron chi connectivity index (χ1n) is 11.6. The van der Waals surface area contributed by atoms with Crippen LogP contribution in [0.5, 0.6) is 10.8 Å². The van der Waals surface area contributed by atoms with E-state index in [9.17, 15) is 9.18 Å². The summed E-state index contributed by atoms with van der Waals surface area (Å²) >= 11 is 1.35. The van der Waals surface area contributed by atoms with Crippen molar-refractivity contribution in [3.63, 3.8) is 0 Å². The molecule has 2 aromatic rings. The topological polar surface area (TPSA) is 85.3 Å². The van der Waals surface area contributed by atoms with Crippen LogP contribution in [0.15, 0.2) is 35.6 Å². The van der Waals surface area contributed by atoms with Gasteiger partial charge in [-0.15, -0.1) is 0 Å². The van der Waals surface area contributed by atoms with Crippen molar-refractivity contribution in [3.05, 3.63) is 41.8 Å². The van der Waals surface area contributed by atoms with Gasteiger partial charge in [-0.1, -0.05) is 5.16 Å². The predicted molar refractivity (Wildman–Crippen MR) is 128 cm³/mol. The van der Waals surface area contributed by atoms with Crippen molar-refractivity contribution in [1.82, 2.24) is 14.6 Å². The molecule has 0 aliphatic carbocycles. The molecule has 3 aliphatic rings. The van der Waals surface area contributed by atoms with Gasteiger partial charge in [0.25, 0.3) is 5.91 Å². The highest BCUT2D eigenvalue weighted by molar-refractivity contribution is 7.07. The summed E-state index contributed by atoms with van der Waals surface area (Å²) in [6, 6.07) is 6.16. The standard InChI is InChI=1S/C20H25F2N3O3.C4H5NOS/c1-27-24-16-13-19(28-17-3-2-14(21)12-15(16)17)6-10-25(11-7-19)18(26)20(22)4-8-23-9-5-20;1-6-4-2-3-5-7-4/h2-3,12,23H,4-11,13H2,1H3;2-3H,1H3/b24-16+;. The van der Waals surface area contributed by atoms with Crippen LogP contribution in [-0.4, -0.2) is 72.6 Å². The molecule has 2 fully saturated rings. The molecule has 11 heteroatoms. The molecule has 8 nitrogen and oxygen atoms in total. The number of aromatic nitrogens is 1. The molecule has 0 saturated carbocycles. The summed E-state index contributed by atoms with van der Waals surface area (Å²) in [7, 11) is 3.09. The zero-order valence-corrected chi connectivity index (χ0v) is 20.7. The Morgan fingerprint density at radius 2 is 1.94 bits per heavy atom. The van der Waals surface area contributed by atoms with Gasteiger partial charge in [0, 0.05) is 74.6 Å². The van der Waals surface area contributed by atoms with Gasteiger partial charge >= 0.3 is 0 Å². The van der Waals surface area contributed by atoms with Crippen molar-refractivity contribution in [2.45, 2.75) is 43.4 Å². The Kier molecular flexibility index (Phi) is 7.85. The number of piperidine rings is 2. The molecule has 1 aromatic heterocycles. The number of nitrogens with one attached hydrogen (secondary N) is 1. The van der Waals surface area contributed by atoms with Crippen molar-refractivity contribution in [2.75, 3.05) is 40.4 Å². The van der Waals surface area contributed by atoms with E-state index in [-0.39, 0.29) is 18.7 Å². The van der Waals surface area contributed by atoms with Crippen LogP contribution in [0.1, 0.15) is 37.7 Å². The van der Waals surface area contributed by atoms with Gasteiger partial charge in [0.1, 0.15) is 24.3 Å². The number of ether oxygens (including phenoxy) is 2. The summed E-state index contributed by atoms with van der Waals surface area (Å²) in [5.41, 5.74) is -1.10. The van der Waals surface area contributed by atoms with Crippen LogP contribution in [0, 0.1) is 5.82 Å². The van der Waals surface area contributed by atoms with Gasteiger partial charge in [-0.3, -0.25) is 4.79 Å². The maximum Gasteiger partial charge on any atom is 0.260 e. The molecule has 1 spiro atoms. The van der Waals surface area contributed by atoms with Gasteiger partial charge in [0.2, 0.25) is 0 Å². The van der Waals surface area contributed by atoms with Crippen LogP contribution < -0.4 is 14.8 Å². The molecule has 5 rings (SSSR count). The molecule has 0 radical (unpaired) electrons. The number of benzene rings is 1. The number of fused-ring (bicyclic) bond motifs is 1. The van der Waals surface area contributed by atoms with Crippen LogP contribution in [0.3, 0.4) is 0 Å². The van der Waals surface area contributed by atoms with Crippen LogP contribution in [0.25, 0.3) is 0 Å². The number of methoxy groups -OCH3 is 1. The van der Waals surface area contributed by atoms with Gasteiger partial charge in [-0.25, -0.2) is 8.78 Å². The number of oxime groups is 1. The number of halogens is 2. The molecular weight excluding hydrogens is 478 g/mol. The second kappa shape index (κ2) is 10.9. The first-order chi connectivity index (χ1) is 16.9. The molecule has 4 heterocycles. The number of likely N-dealkylation sites (tertiary alicyclic amines) is 1. The molecule has 0 atom stereocenters. The van der Waals surface area contributed by atoms with Gasteiger partial charge in [-0.2, -0.15) is 4.37 Å². The molecule has 0 bridgehead atoms. The van der Waals surface area contributed by atoms with E-state index < -0.39 is 17.2 Å². The minimum atomic E-state index is -1.77. The van der Waals surface area contributed by atoms with E-state index in [0.717, 1.165) is 5.06 Å². The Balaban J connectivity index is 0.000000356. The molecule has 1 aromatic carbocycles. The number of amides is 1. The number of carbonyl (C=O) groups is 1. The lowest BCUT2D eigenvalue weighted by Crippen LogP contribution is -2.57. The Morgan fingerprint density at radius 1 is 1.20 bits per heavy atom. The van der Waals surface area contributed by atoms with Crippen molar-refractivity contribution < 1.29 is 27.9 Å². The van der Waals surface area contributed by atoms with Crippen LogP contribution in [0.4, 0.5) is 8.78 Å². The Bertz CT molecular complexity index is 1040. The smallest absolute Gasteiger partial charge is 0.260 e. The lowest BCUT2D eigenvalue weighted by molar-refractivity contribution is -0.149. The van der Waals surface area contributed by atoms with Crippen LogP contribution >= 0.6 is 11.5 Å². The minimum Gasteiger partial charge on any atom is -0.486 e. The zero-order valence-electron chi connectivity index (χ0n) is 19.9. The van der Waals surface area contributed by atoms with Crippen LogP contribution in [0.2, 0.25) is 0 Å². The number of carbonyl (C=O) groups excluding carboxylic acids is 1. The van der Waals surface area contributed by atoms with Gasteiger partial charge < -0.3 is 24.5 Å².